The number of carbonyl (C=O) groups is 1. The van der Waals surface area contributed by atoms with Crippen molar-refractivity contribution in [1.82, 2.24) is 14.9 Å². The summed E-state index contributed by atoms with van der Waals surface area (Å²) in [6.45, 7) is 5.43. The van der Waals surface area contributed by atoms with Crippen molar-refractivity contribution < 1.29 is 9.53 Å². The number of amides is 1. The average molecular weight is 409 g/mol. The van der Waals surface area contributed by atoms with Crippen molar-refractivity contribution in [2.75, 3.05) is 25.5 Å². The molecule has 4 rings (SSSR count). The fraction of sp³-hybridized carbons (Fsp3) is 0.227. The van der Waals surface area contributed by atoms with E-state index in [2.05, 4.69) is 27.9 Å². The second kappa shape index (κ2) is 8.09. The molecule has 1 aliphatic rings. The van der Waals surface area contributed by atoms with E-state index in [1.54, 1.807) is 12.0 Å². The summed E-state index contributed by atoms with van der Waals surface area (Å²) >= 11 is 6.08. The zero-order valence-corrected chi connectivity index (χ0v) is 16.8. The quantitative estimate of drug-likeness (QED) is 0.624. The molecule has 1 N–H and O–H groups in total. The Bertz CT molecular complexity index is 1080. The highest BCUT2D eigenvalue weighted by Crippen LogP contribution is 2.37. The Morgan fingerprint density at radius 3 is 2.90 bits per heavy atom. The molecule has 0 spiro atoms. The Balaban J connectivity index is 1.62. The molecule has 0 atom stereocenters. The molecule has 0 radical (unpaired) electrons. The number of anilines is 1. The molecule has 2 aromatic carbocycles. The summed E-state index contributed by atoms with van der Waals surface area (Å²) in [6.07, 6.45) is 2.88. The zero-order valence-electron chi connectivity index (χ0n) is 16.1. The SMILES string of the molecule is C=CC(=O)N1CC(c2cc3c(NCc4cccc(Cl)c4)ncnc3cc2OC)C1. The van der Waals surface area contributed by atoms with Gasteiger partial charge in [0, 0.05) is 47.6 Å². The minimum absolute atomic E-state index is 0.0479. The summed E-state index contributed by atoms with van der Waals surface area (Å²) in [7, 11) is 1.65. The minimum Gasteiger partial charge on any atom is -0.496 e. The van der Waals surface area contributed by atoms with Gasteiger partial charge in [0.1, 0.15) is 17.9 Å². The number of nitrogens with zero attached hydrogens (tertiary/aromatic N) is 3. The van der Waals surface area contributed by atoms with E-state index in [0.717, 1.165) is 33.6 Å². The molecule has 2 heterocycles. The van der Waals surface area contributed by atoms with Crippen molar-refractivity contribution in [3.05, 3.63) is 71.5 Å². The molecule has 1 amide bonds. The lowest BCUT2D eigenvalue weighted by Crippen LogP contribution is -2.47. The first-order chi connectivity index (χ1) is 14.1. The van der Waals surface area contributed by atoms with Gasteiger partial charge in [-0.25, -0.2) is 9.97 Å². The maximum atomic E-state index is 11.8. The van der Waals surface area contributed by atoms with Gasteiger partial charge in [-0.3, -0.25) is 4.79 Å². The van der Waals surface area contributed by atoms with Crippen LogP contribution < -0.4 is 10.1 Å². The number of hydrogen-bond donors (Lipinski definition) is 1. The van der Waals surface area contributed by atoms with Crippen molar-refractivity contribution in [2.45, 2.75) is 12.5 Å². The molecule has 0 aliphatic carbocycles. The number of fused-ring (bicyclic) bond motifs is 1. The number of methoxy groups -OCH3 is 1. The third kappa shape index (κ3) is 3.89. The van der Waals surface area contributed by atoms with Gasteiger partial charge in [0.15, 0.2) is 0 Å². The third-order valence-electron chi connectivity index (χ3n) is 5.14. The second-order valence-corrected chi connectivity index (χ2v) is 7.40. The van der Waals surface area contributed by atoms with Crippen LogP contribution in [0.3, 0.4) is 0 Å². The molecule has 1 fully saturated rings. The first-order valence-corrected chi connectivity index (χ1v) is 9.69. The standard InChI is InChI=1S/C22H21ClN4O2/c1-3-21(28)27-11-15(12-27)17-8-18-19(9-20(17)29-2)25-13-26-22(18)24-10-14-5-4-6-16(23)7-14/h3-9,13,15H,1,10-12H2,2H3,(H,24,25,26). The van der Waals surface area contributed by atoms with Gasteiger partial charge in [0.2, 0.25) is 5.91 Å². The molecule has 1 aliphatic heterocycles. The molecule has 0 saturated carbocycles. The first-order valence-electron chi connectivity index (χ1n) is 9.31. The molecule has 1 saturated heterocycles. The van der Waals surface area contributed by atoms with Crippen LogP contribution in [0.5, 0.6) is 5.75 Å². The predicted octanol–water partition coefficient (Wildman–Crippen LogP) is 4.02. The van der Waals surface area contributed by atoms with Crippen LogP contribution in [0, 0.1) is 0 Å². The molecule has 29 heavy (non-hydrogen) atoms. The number of benzene rings is 2. The first kappa shape index (κ1) is 19.2. The van der Waals surface area contributed by atoms with Gasteiger partial charge < -0.3 is 15.0 Å². The largest absolute Gasteiger partial charge is 0.496 e. The van der Waals surface area contributed by atoms with Crippen molar-refractivity contribution in [3.8, 4) is 5.75 Å². The Kier molecular flexibility index (Phi) is 5.36. The maximum absolute atomic E-state index is 11.8. The van der Waals surface area contributed by atoms with E-state index >= 15 is 0 Å². The van der Waals surface area contributed by atoms with Crippen LogP contribution in [0.2, 0.25) is 5.02 Å². The lowest BCUT2D eigenvalue weighted by atomic mass is 9.89. The van der Waals surface area contributed by atoms with Gasteiger partial charge in [-0.2, -0.15) is 0 Å². The smallest absolute Gasteiger partial charge is 0.245 e. The average Bonchev–Trinajstić information content (AvgIpc) is 2.70. The Labute approximate surface area is 174 Å². The second-order valence-electron chi connectivity index (χ2n) is 6.96. The highest BCUT2D eigenvalue weighted by atomic mass is 35.5. The van der Waals surface area contributed by atoms with E-state index in [1.807, 2.05) is 30.3 Å². The van der Waals surface area contributed by atoms with Crippen LogP contribution in [-0.4, -0.2) is 41.0 Å². The highest BCUT2D eigenvalue weighted by molar-refractivity contribution is 6.30. The molecule has 148 valence electrons. The fourth-order valence-corrected chi connectivity index (χ4v) is 3.77. The van der Waals surface area contributed by atoms with Gasteiger partial charge in [-0.1, -0.05) is 30.3 Å². The van der Waals surface area contributed by atoms with Crippen molar-refractivity contribution >= 4 is 34.2 Å². The molecule has 1 aromatic heterocycles. The normalized spacial score (nSPS) is 13.8. The molecule has 0 unspecified atom stereocenters. The number of nitrogens with one attached hydrogen (secondary N) is 1. The van der Waals surface area contributed by atoms with Gasteiger partial charge in [-0.05, 0) is 29.8 Å². The molecule has 7 heteroatoms. The number of aromatic nitrogens is 2. The number of rotatable bonds is 6. The number of halogens is 1. The summed E-state index contributed by atoms with van der Waals surface area (Å²) < 4.78 is 5.60. The summed E-state index contributed by atoms with van der Waals surface area (Å²) in [4.78, 5) is 22.4. The fourth-order valence-electron chi connectivity index (χ4n) is 3.55. The molecule has 0 bridgehead atoms. The van der Waals surface area contributed by atoms with E-state index < -0.39 is 0 Å². The predicted molar refractivity (Wildman–Crippen MR) is 114 cm³/mol. The Morgan fingerprint density at radius 1 is 1.34 bits per heavy atom. The van der Waals surface area contributed by atoms with Crippen molar-refractivity contribution in [1.29, 1.82) is 0 Å². The Hall–Kier alpha value is -3.12. The number of carbonyl (C=O) groups excluding carboxylic acids is 1. The van der Waals surface area contributed by atoms with Crippen molar-refractivity contribution in [2.24, 2.45) is 0 Å². The van der Waals surface area contributed by atoms with E-state index in [4.69, 9.17) is 16.3 Å². The maximum Gasteiger partial charge on any atom is 0.245 e. The third-order valence-corrected chi connectivity index (χ3v) is 5.38. The van der Waals surface area contributed by atoms with Crippen LogP contribution >= 0.6 is 11.6 Å². The van der Waals surface area contributed by atoms with Crippen LogP contribution in [0.4, 0.5) is 5.82 Å². The monoisotopic (exact) mass is 408 g/mol. The Morgan fingerprint density at radius 2 is 2.17 bits per heavy atom. The van der Waals surface area contributed by atoms with E-state index in [-0.39, 0.29) is 11.8 Å². The summed E-state index contributed by atoms with van der Waals surface area (Å²) in [6, 6.07) is 11.7. The van der Waals surface area contributed by atoms with E-state index in [1.165, 1.54) is 12.4 Å². The van der Waals surface area contributed by atoms with Gasteiger partial charge in [0.05, 0.1) is 12.6 Å². The molecule has 3 aromatic rings. The minimum atomic E-state index is -0.0479. The summed E-state index contributed by atoms with van der Waals surface area (Å²) in [5, 5.41) is 5.00. The van der Waals surface area contributed by atoms with Crippen LogP contribution in [0.15, 0.2) is 55.4 Å². The van der Waals surface area contributed by atoms with E-state index in [0.29, 0.717) is 24.7 Å². The van der Waals surface area contributed by atoms with Gasteiger partial charge >= 0.3 is 0 Å². The van der Waals surface area contributed by atoms with E-state index in [9.17, 15) is 4.79 Å². The van der Waals surface area contributed by atoms with Gasteiger partial charge in [0.25, 0.3) is 0 Å². The van der Waals surface area contributed by atoms with Crippen LogP contribution in [-0.2, 0) is 11.3 Å². The highest BCUT2D eigenvalue weighted by Gasteiger charge is 2.32. The van der Waals surface area contributed by atoms with Crippen LogP contribution in [0.1, 0.15) is 17.0 Å². The lowest BCUT2D eigenvalue weighted by molar-refractivity contribution is -0.130. The van der Waals surface area contributed by atoms with Gasteiger partial charge in [-0.15, -0.1) is 0 Å². The number of hydrogen-bond acceptors (Lipinski definition) is 5. The lowest BCUT2D eigenvalue weighted by Gasteiger charge is -2.39. The topological polar surface area (TPSA) is 67.4 Å². The van der Waals surface area contributed by atoms with Crippen molar-refractivity contribution in [3.63, 3.8) is 0 Å². The number of ether oxygens (including phenoxy) is 1. The zero-order chi connectivity index (χ0) is 20.4. The summed E-state index contributed by atoms with van der Waals surface area (Å²) in [5.41, 5.74) is 2.91. The molecule has 6 nitrogen and oxygen atoms in total. The summed E-state index contributed by atoms with van der Waals surface area (Å²) in [5.74, 6) is 1.68. The molecular formula is C22H21ClN4O2. The number of likely N-dealkylation sites (tertiary alicyclic amines) is 1. The molecular weight excluding hydrogens is 388 g/mol. The van der Waals surface area contributed by atoms with Crippen LogP contribution in [0.25, 0.3) is 10.9 Å².